The third kappa shape index (κ3) is 1.72. The van der Waals surface area contributed by atoms with Crippen molar-refractivity contribution >= 4 is 0 Å². The van der Waals surface area contributed by atoms with Gasteiger partial charge in [0.15, 0.2) is 11.5 Å². The van der Waals surface area contributed by atoms with Crippen LogP contribution in [0.1, 0.15) is 12.2 Å². The summed E-state index contributed by atoms with van der Waals surface area (Å²) in [6.07, 6.45) is 3.65. The minimum atomic E-state index is 0.206. The summed E-state index contributed by atoms with van der Waals surface area (Å²) < 4.78 is 3.68. The second kappa shape index (κ2) is 3.92. The van der Waals surface area contributed by atoms with Gasteiger partial charge in [0.25, 0.3) is 0 Å². The molecule has 1 N–H and O–H groups in total. The molecule has 1 unspecified atom stereocenters. The van der Waals surface area contributed by atoms with E-state index >= 15 is 0 Å². The van der Waals surface area contributed by atoms with Crippen molar-refractivity contribution in [3.8, 4) is 11.5 Å². The van der Waals surface area contributed by atoms with Gasteiger partial charge in [-0.1, -0.05) is 5.21 Å². The van der Waals surface area contributed by atoms with E-state index in [1.165, 1.54) is 0 Å². The maximum atomic E-state index is 9.23. The molecular formula is C10H14N6O. The van der Waals surface area contributed by atoms with Crippen molar-refractivity contribution < 1.29 is 5.11 Å². The molecule has 7 nitrogen and oxygen atoms in total. The van der Waals surface area contributed by atoms with Gasteiger partial charge in [0.2, 0.25) is 0 Å². The zero-order valence-electron chi connectivity index (χ0n) is 9.61. The molecule has 90 valence electrons. The molecule has 0 aliphatic carbocycles. The Bertz CT molecular complexity index is 531. The quantitative estimate of drug-likeness (QED) is 0.766. The number of aryl methyl sites for hydroxylation is 2. The van der Waals surface area contributed by atoms with E-state index in [1.807, 2.05) is 17.8 Å². The smallest absolute Gasteiger partial charge is 0.186 e. The third-order valence-electron chi connectivity index (χ3n) is 3.13. The fourth-order valence-corrected chi connectivity index (χ4v) is 2.18. The topological polar surface area (TPSA) is 81.7 Å². The van der Waals surface area contributed by atoms with Gasteiger partial charge in [-0.2, -0.15) is 0 Å². The van der Waals surface area contributed by atoms with Crippen LogP contribution < -0.4 is 0 Å². The third-order valence-corrected chi connectivity index (χ3v) is 3.13. The lowest BCUT2D eigenvalue weighted by molar-refractivity contribution is 0.191. The largest absolute Gasteiger partial charge is 0.396 e. The summed E-state index contributed by atoms with van der Waals surface area (Å²) in [7, 11) is 1.82. The molecule has 0 bridgehead atoms. The molecule has 0 fully saturated rings. The molecule has 0 aromatic carbocycles. The highest BCUT2D eigenvalue weighted by molar-refractivity contribution is 5.47. The van der Waals surface area contributed by atoms with Crippen LogP contribution in [0.25, 0.3) is 11.5 Å². The minimum absolute atomic E-state index is 0.206. The van der Waals surface area contributed by atoms with Crippen LogP contribution in [-0.4, -0.2) is 41.5 Å². The molecule has 17 heavy (non-hydrogen) atoms. The van der Waals surface area contributed by atoms with Gasteiger partial charge < -0.3 is 9.67 Å². The Morgan fingerprint density at radius 2 is 2.29 bits per heavy atom. The molecule has 3 heterocycles. The Morgan fingerprint density at radius 1 is 1.41 bits per heavy atom. The average Bonchev–Trinajstić information content (AvgIpc) is 2.93. The number of aliphatic hydroxyl groups excluding tert-OH is 1. The summed E-state index contributed by atoms with van der Waals surface area (Å²) >= 11 is 0. The summed E-state index contributed by atoms with van der Waals surface area (Å²) in [4.78, 5) is 0. The van der Waals surface area contributed by atoms with Gasteiger partial charge in [-0.05, 0) is 6.42 Å². The van der Waals surface area contributed by atoms with Crippen molar-refractivity contribution in [1.29, 1.82) is 0 Å². The van der Waals surface area contributed by atoms with Gasteiger partial charge in [-0.15, -0.1) is 15.3 Å². The van der Waals surface area contributed by atoms with Crippen LogP contribution in [-0.2, 0) is 20.0 Å². The van der Waals surface area contributed by atoms with Crippen LogP contribution in [0.15, 0.2) is 6.20 Å². The summed E-state index contributed by atoms with van der Waals surface area (Å²) in [5, 5.41) is 25.5. The predicted octanol–water partition coefficient (Wildman–Crippen LogP) is -0.372. The van der Waals surface area contributed by atoms with Gasteiger partial charge >= 0.3 is 0 Å². The molecule has 0 spiro atoms. The Balaban J connectivity index is 2.00. The van der Waals surface area contributed by atoms with E-state index in [0.29, 0.717) is 0 Å². The van der Waals surface area contributed by atoms with Crippen molar-refractivity contribution in [1.82, 2.24) is 29.8 Å². The molecule has 1 atom stereocenters. The number of rotatable bonds is 2. The molecule has 2 aromatic heterocycles. The fraction of sp³-hybridized carbons (Fsp3) is 0.600. The van der Waals surface area contributed by atoms with Gasteiger partial charge in [0.1, 0.15) is 5.82 Å². The van der Waals surface area contributed by atoms with Crippen LogP contribution in [0.5, 0.6) is 0 Å². The molecule has 1 aliphatic heterocycles. The fourth-order valence-electron chi connectivity index (χ4n) is 2.18. The van der Waals surface area contributed by atoms with Crippen LogP contribution in [0.2, 0.25) is 0 Å². The first-order valence-electron chi connectivity index (χ1n) is 5.67. The van der Waals surface area contributed by atoms with E-state index in [1.54, 1.807) is 4.68 Å². The van der Waals surface area contributed by atoms with Gasteiger partial charge in [0.05, 0.1) is 6.20 Å². The highest BCUT2D eigenvalue weighted by Crippen LogP contribution is 2.23. The molecule has 7 heteroatoms. The number of nitrogens with zero attached hydrogens (tertiary/aromatic N) is 6. The minimum Gasteiger partial charge on any atom is -0.396 e. The molecular weight excluding hydrogens is 220 g/mol. The first-order chi connectivity index (χ1) is 8.28. The lowest BCUT2D eigenvalue weighted by Gasteiger charge is -2.21. The number of hydrogen-bond donors (Lipinski definition) is 1. The first kappa shape index (κ1) is 10.4. The zero-order valence-corrected chi connectivity index (χ0v) is 9.61. The number of fused-ring (bicyclic) bond motifs is 1. The van der Waals surface area contributed by atoms with E-state index in [9.17, 15) is 5.11 Å². The monoisotopic (exact) mass is 234 g/mol. The Hall–Kier alpha value is -1.76. The molecule has 3 rings (SSSR count). The van der Waals surface area contributed by atoms with Crippen molar-refractivity contribution in [3.63, 3.8) is 0 Å². The maximum Gasteiger partial charge on any atom is 0.186 e. The molecule has 0 amide bonds. The Labute approximate surface area is 98.1 Å². The van der Waals surface area contributed by atoms with Crippen molar-refractivity contribution in [2.24, 2.45) is 13.0 Å². The number of aliphatic hydroxyl groups is 1. The second-order valence-electron chi connectivity index (χ2n) is 4.42. The Kier molecular flexibility index (Phi) is 2.40. The molecule has 0 saturated heterocycles. The molecule has 2 aromatic rings. The van der Waals surface area contributed by atoms with Crippen molar-refractivity contribution in [2.45, 2.75) is 19.4 Å². The Morgan fingerprint density at radius 3 is 3.00 bits per heavy atom. The van der Waals surface area contributed by atoms with Crippen molar-refractivity contribution in [2.75, 3.05) is 6.61 Å². The average molecular weight is 234 g/mol. The first-order valence-corrected chi connectivity index (χ1v) is 5.67. The molecule has 0 saturated carbocycles. The summed E-state index contributed by atoms with van der Waals surface area (Å²) in [5.41, 5.74) is 0.727. The van der Waals surface area contributed by atoms with Gasteiger partial charge in [-0.3, -0.25) is 4.68 Å². The van der Waals surface area contributed by atoms with E-state index < -0.39 is 0 Å². The number of aromatic nitrogens is 6. The lowest BCUT2D eigenvalue weighted by atomic mass is 10.0. The zero-order chi connectivity index (χ0) is 11.8. The van der Waals surface area contributed by atoms with Gasteiger partial charge in [0, 0.05) is 32.5 Å². The van der Waals surface area contributed by atoms with Crippen LogP contribution in [0, 0.1) is 5.92 Å². The van der Waals surface area contributed by atoms with Gasteiger partial charge in [-0.25, -0.2) is 0 Å². The molecule has 1 aliphatic rings. The number of hydrogen-bond acceptors (Lipinski definition) is 5. The van der Waals surface area contributed by atoms with E-state index in [-0.39, 0.29) is 12.5 Å². The van der Waals surface area contributed by atoms with Crippen molar-refractivity contribution in [3.05, 3.63) is 12.0 Å². The summed E-state index contributed by atoms with van der Waals surface area (Å²) in [6.45, 7) is 0.961. The normalized spacial score (nSPS) is 19.3. The molecule has 0 radical (unpaired) electrons. The predicted molar refractivity (Wildman–Crippen MR) is 58.9 cm³/mol. The highest BCUT2D eigenvalue weighted by Gasteiger charge is 2.23. The van der Waals surface area contributed by atoms with E-state index in [2.05, 4.69) is 20.5 Å². The van der Waals surface area contributed by atoms with E-state index in [4.69, 9.17) is 0 Å². The maximum absolute atomic E-state index is 9.23. The SMILES string of the molecule is Cn1cc(-c2nnc3n2CC(CO)CC3)nn1. The van der Waals surface area contributed by atoms with Crippen LogP contribution >= 0.6 is 0 Å². The lowest BCUT2D eigenvalue weighted by Crippen LogP contribution is -2.23. The van der Waals surface area contributed by atoms with Crippen LogP contribution in [0.3, 0.4) is 0 Å². The standard InChI is InChI=1S/C10H14N6O/c1-15-5-8(11-14-15)10-13-12-9-3-2-7(6-17)4-16(9)10/h5,7,17H,2-4,6H2,1H3. The second-order valence-corrected chi connectivity index (χ2v) is 4.42. The van der Waals surface area contributed by atoms with E-state index in [0.717, 1.165) is 36.7 Å². The van der Waals surface area contributed by atoms with Crippen LogP contribution in [0.4, 0.5) is 0 Å². The summed E-state index contributed by atoms with van der Waals surface area (Å²) in [6, 6.07) is 0. The highest BCUT2D eigenvalue weighted by atomic mass is 16.3. The summed E-state index contributed by atoms with van der Waals surface area (Å²) in [5.74, 6) is 2.00.